The van der Waals surface area contributed by atoms with Crippen LogP contribution in [0.5, 0.6) is 11.5 Å². The SMILES string of the molecule is COc1ccc(S(=O)(=O)Nc2cc(C)ccn2)c(OC)c1. The van der Waals surface area contributed by atoms with Crippen LogP contribution in [0.1, 0.15) is 5.56 Å². The van der Waals surface area contributed by atoms with Crippen LogP contribution in [0.3, 0.4) is 0 Å². The third-order valence-electron chi connectivity index (χ3n) is 2.81. The van der Waals surface area contributed by atoms with Crippen molar-refractivity contribution in [2.75, 3.05) is 18.9 Å². The van der Waals surface area contributed by atoms with Crippen LogP contribution in [0.4, 0.5) is 5.82 Å². The molecular formula is C14H16N2O4S. The van der Waals surface area contributed by atoms with Gasteiger partial charge in [-0.15, -0.1) is 0 Å². The second-order valence-corrected chi connectivity index (χ2v) is 5.99. The highest BCUT2D eigenvalue weighted by Gasteiger charge is 2.20. The molecule has 1 N–H and O–H groups in total. The highest BCUT2D eigenvalue weighted by molar-refractivity contribution is 7.92. The molecule has 2 aromatic rings. The Balaban J connectivity index is 2.40. The first-order valence-electron chi connectivity index (χ1n) is 6.14. The number of pyridine rings is 1. The van der Waals surface area contributed by atoms with Crippen LogP contribution >= 0.6 is 0 Å². The van der Waals surface area contributed by atoms with Gasteiger partial charge in [-0.05, 0) is 36.8 Å². The second kappa shape index (κ2) is 6.01. The molecule has 6 nitrogen and oxygen atoms in total. The molecule has 1 aromatic heterocycles. The van der Waals surface area contributed by atoms with E-state index in [0.29, 0.717) is 5.75 Å². The maximum atomic E-state index is 12.4. The molecule has 0 aliphatic heterocycles. The van der Waals surface area contributed by atoms with E-state index in [-0.39, 0.29) is 16.5 Å². The van der Waals surface area contributed by atoms with E-state index in [2.05, 4.69) is 9.71 Å². The van der Waals surface area contributed by atoms with Crippen molar-refractivity contribution in [2.24, 2.45) is 0 Å². The number of aryl methyl sites for hydroxylation is 1. The van der Waals surface area contributed by atoms with Crippen molar-refractivity contribution in [2.45, 2.75) is 11.8 Å². The molecular weight excluding hydrogens is 292 g/mol. The number of ether oxygens (including phenoxy) is 2. The molecule has 112 valence electrons. The van der Waals surface area contributed by atoms with Gasteiger partial charge in [0.2, 0.25) is 0 Å². The number of rotatable bonds is 5. The maximum Gasteiger partial charge on any atom is 0.266 e. The average molecular weight is 308 g/mol. The van der Waals surface area contributed by atoms with Crippen LogP contribution in [-0.4, -0.2) is 27.6 Å². The number of hydrogen-bond acceptors (Lipinski definition) is 5. The smallest absolute Gasteiger partial charge is 0.266 e. The minimum atomic E-state index is -3.79. The number of nitrogens with one attached hydrogen (secondary N) is 1. The van der Waals surface area contributed by atoms with Crippen LogP contribution in [0.15, 0.2) is 41.4 Å². The molecule has 0 aliphatic carbocycles. The second-order valence-electron chi connectivity index (χ2n) is 4.34. The van der Waals surface area contributed by atoms with Crippen molar-refractivity contribution in [1.29, 1.82) is 0 Å². The first-order valence-corrected chi connectivity index (χ1v) is 7.62. The largest absolute Gasteiger partial charge is 0.497 e. The summed E-state index contributed by atoms with van der Waals surface area (Å²) in [5.41, 5.74) is 0.907. The van der Waals surface area contributed by atoms with E-state index in [9.17, 15) is 8.42 Å². The summed E-state index contributed by atoms with van der Waals surface area (Å²) in [5.74, 6) is 0.974. The fourth-order valence-electron chi connectivity index (χ4n) is 1.78. The Morgan fingerprint density at radius 2 is 1.86 bits per heavy atom. The Morgan fingerprint density at radius 3 is 2.48 bits per heavy atom. The molecule has 0 bridgehead atoms. The van der Waals surface area contributed by atoms with Crippen molar-refractivity contribution < 1.29 is 17.9 Å². The standard InChI is InChI=1S/C14H16N2O4S/c1-10-6-7-15-14(8-10)16-21(17,18)13-5-4-11(19-2)9-12(13)20-3/h4-9H,1-3H3,(H,15,16). The molecule has 0 atom stereocenters. The first kappa shape index (κ1) is 15.1. The zero-order chi connectivity index (χ0) is 15.5. The third-order valence-corrected chi connectivity index (χ3v) is 4.21. The number of nitrogens with zero attached hydrogens (tertiary/aromatic N) is 1. The lowest BCUT2D eigenvalue weighted by Gasteiger charge is -2.12. The highest BCUT2D eigenvalue weighted by Crippen LogP contribution is 2.29. The number of aromatic nitrogens is 1. The Hall–Kier alpha value is -2.28. The van der Waals surface area contributed by atoms with Crippen LogP contribution < -0.4 is 14.2 Å². The van der Waals surface area contributed by atoms with Gasteiger partial charge in [-0.25, -0.2) is 13.4 Å². The van der Waals surface area contributed by atoms with Gasteiger partial charge in [0.1, 0.15) is 22.2 Å². The van der Waals surface area contributed by atoms with Gasteiger partial charge in [0.15, 0.2) is 0 Å². The summed E-state index contributed by atoms with van der Waals surface area (Å²) in [5, 5.41) is 0. The fourth-order valence-corrected chi connectivity index (χ4v) is 2.93. The summed E-state index contributed by atoms with van der Waals surface area (Å²) in [4.78, 5) is 4.01. The van der Waals surface area contributed by atoms with Crippen LogP contribution in [0, 0.1) is 6.92 Å². The lowest BCUT2D eigenvalue weighted by Crippen LogP contribution is -2.15. The average Bonchev–Trinajstić information content (AvgIpc) is 2.46. The Bertz CT molecular complexity index is 744. The normalized spacial score (nSPS) is 11.0. The Kier molecular flexibility index (Phi) is 4.32. The molecule has 0 saturated heterocycles. The van der Waals surface area contributed by atoms with E-state index in [4.69, 9.17) is 9.47 Å². The summed E-state index contributed by atoms with van der Waals surface area (Å²) in [6.45, 7) is 1.85. The summed E-state index contributed by atoms with van der Waals surface area (Å²) < 4.78 is 37.4. The Morgan fingerprint density at radius 1 is 1.10 bits per heavy atom. The molecule has 0 aliphatic rings. The molecule has 0 saturated carbocycles. The fraction of sp³-hybridized carbons (Fsp3) is 0.214. The van der Waals surface area contributed by atoms with Crippen LogP contribution in [-0.2, 0) is 10.0 Å². The minimum absolute atomic E-state index is 0.0223. The zero-order valence-corrected chi connectivity index (χ0v) is 12.8. The molecule has 2 rings (SSSR count). The molecule has 0 fully saturated rings. The summed E-state index contributed by atoms with van der Waals surface area (Å²) in [6.07, 6.45) is 1.54. The van der Waals surface area contributed by atoms with Gasteiger partial charge >= 0.3 is 0 Å². The number of methoxy groups -OCH3 is 2. The number of sulfonamides is 1. The lowest BCUT2D eigenvalue weighted by atomic mass is 10.3. The predicted octanol–water partition coefficient (Wildman–Crippen LogP) is 2.21. The van der Waals surface area contributed by atoms with Gasteiger partial charge in [-0.1, -0.05) is 0 Å². The number of hydrogen-bond donors (Lipinski definition) is 1. The molecule has 21 heavy (non-hydrogen) atoms. The van der Waals surface area contributed by atoms with Gasteiger partial charge < -0.3 is 9.47 Å². The number of anilines is 1. The van der Waals surface area contributed by atoms with Crippen molar-refractivity contribution >= 4 is 15.8 Å². The molecule has 0 radical (unpaired) electrons. The predicted molar refractivity (Wildman–Crippen MR) is 79.3 cm³/mol. The van der Waals surface area contributed by atoms with E-state index in [0.717, 1.165) is 5.56 Å². The quantitative estimate of drug-likeness (QED) is 0.916. The molecule has 1 aromatic carbocycles. The van der Waals surface area contributed by atoms with Gasteiger partial charge in [0.25, 0.3) is 10.0 Å². The topological polar surface area (TPSA) is 77.5 Å². The van der Waals surface area contributed by atoms with Gasteiger partial charge in [-0.3, -0.25) is 4.72 Å². The van der Waals surface area contributed by atoms with E-state index in [1.54, 1.807) is 24.4 Å². The highest BCUT2D eigenvalue weighted by atomic mass is 32.2. The van der Waals surface area contributed by atoms with Crippen molar-refractivity contribution in [1.82, 2.24) is 4.98 Å². The minimum Gasteiger partial charge on any atom is -0.497 e. The molecule has 0 spiro atoms. The van der Waals surface area contributed by atoms with Crippen molar-refractivity contribution in [3.63, 3.8) is 0 Å². The van der Waals surface area contributed by atoms with Gasteiger partial charge in [0.05, 0.1) is 14.2 Å². The van der Waals surface area contributed by atoms with Crippen molar-refractivity contribution in [3.8, 4) is 11.5 Å². The molecule has 0 amide bonds. The van der Waals surface area contributed by atoms with E-state index < -0.39 is 10.0 Å². The summed E-state index contributed by atoms with van der Waals surface area (Å²) >= 11 is 0. The summed E-state index contributed by atoms with van der Waals surface area (Å²) in [7, 11) is -0.892. The Labute approximate surface area is 123 Å². The summed E-state index contributed by atoms with van der Waals surface area (Å²) in [6, 6.07) is 7.92. The van der Waals surface area contributed by atoms with E-state index >= 15 is 0 Å². The van der Waals surface area contributed by atoms with Gasteiger partial charge in [-0.2, -0.15) is 0 Å². The lowest BCUT2D eigenvalue weighted by molar-refractivity contribution is 0.386. The van der Waals surface area contributed by atoms with Crippen LogP contribution in [0.25, 0.3) is 0 Å². The van der Waals surface area contributed by atoms with Crippen LogP contribution in [0.2, 0.25) is 0 Å². The molecule has 1 heterocycles. The third kappa shape index (κ3) is 3.43. The zero-order valence-electron chi connectivity index (χ0n) is 12.0. The molecule has 0 unspecified atom stereocenters. The van der Waals surface area contributed by atoms with Crippen molar-refractivity contribution in [3.05, 3.63) is 42.1 Å². The first-order chi connectivity index (χ1) is 9.96. The number of benzene rings is 1. The van der Waals surface area contributed by atoms with E-state index in [1.165, 1.54) is 26.4 Å². The monoisotopic (exact) mass is 308 g/mol. The van der Waals surface area contributed by atoms with E-state index in [1.807, 2.05) is 6.92 Å². The molecule has 7 heteroatoms. The van der Waals surface area contributed by atoms with Gasteiger partial charge in [0, 0.05) is 12.3 Å². The maximum absolute atomic E-state index is 12.4.